The van der Waals surface area contributed by atoms with Crippen LogP contribution in [0.4, 0.5) is 0 Å². The molecular weight excluding hydrogens is 324 g/mol. The van der Waals surface area contributed by atoms with E-state index in [9.17, 15) is 9.59 Å². The number of nitrogens with one attached hydrogen (secondary N) is 2. The fraction of sp³-hybridized carbons (Fsp3) is 0. The molecule has 0 amide bonds. The summed E-state index contributed by atoms with van der Waals surface area (Å²) in [5.74, 6) is 0. The second kappa shape index (κ2) is 5.36. The molecule has 8 heteroatoms. The highest BCUT2D eigenvalue weighted by molar-refractivity contribution is 7.25. The summed E-state index contributed by atoms with van der Waals surface area (Å²) in [7, 11) is 0. The number of nitrogens with zero attached hydrogens (tertiary/aromatic N) is 2. The van der Waals surface area contributed by atoms with Crippen LogP contribution < -0.4 is 11.2 Å². The van der Waals surface area contributed by atoms with Crippen molar-refractivity contribution in [1.29, 1.82) is 0 Å². The summed E-state index contributed by atoms with van der Waals surface area (Å²) in [5, 5.41) is 0. The topological polar surface area (TPSA) is 91.5 Å². The normalized spacial score (nSPS) is 10.7. The Kier molecular flexibility index (Phi) is 3.51. The van der Waals surface area contributed by atoms with Gasteiger partial charge in [-0.2, -0.15) is 0 Å². The first-order valence-electron chi connectivity index (χ1n) is 6.19. The molecule has 6 nitrogen and oxygen atoms in total. The van der Waals surface area contributed by atoms with Crippen molar-refractivity contribution in [3.63, 3.8) is 0 Å². The highest BCUT2D eigenvalue weighted by atomic mass is 35.5. The molecule has 3 aromatic heterocycles. The van der Waals surface area contributed by atoms with Crippen molar-refractivity contribution in [3.8, 4) is 11.3 Å². The Labute approximate surface area is 133 Å². The van der Waals surface area contributed by atoms with Gasteiger partial charge in [-0.05, 0) is 0 Å². The van der Waals surface area contributed by atoms with E-state index in [-0.39, 0.29) is 12.4 Å². The lowest BCUT2D eigenvalue weighted by Gasteiger charge is -1.99. The van der Waals surface area contributed by atoms with Crippen LogP contribution in [0.15, 0.2) is 46.1 Å². The van der Waals surface area contributed by atoms with Crippen molar-refractivity contribution in [1.82, 2.24) is 19.9 Å². The van der Waals surface area contributed by atoms with Crippen molar-refractivity contribution in [2.24, 2.45) is 0 Å². The van der Waals surface area contributed by atoms with Gasteiger partial charge in [0.1, 0.15) is 15.0 Å². The van der Waals surface area contributed by atoms with Gasteiger partial charge < -0.3 is 4.98 Å². The first kappa shape index (κ1) is 14.4. The molecule has 0 aliphatic carbocycles. The van der Waals surface area contributed by atoms with Crippen LogP contribution in [0.25, 0.3) is 31.8 Å². The lowest BCUT2D eigenvalue weighted by atomic mass is 10.2. The monoisotopic (exact) mass is 332 g/mol. The zero-order valence-electron chi connectivity index (χ0n) is 11.0. The molecule has 0 spiro atoms. The predicted octanol–water partition coefficient (Wildman–Crippen LogP) is 2.31. The Bertz CT molecular complexity index is 1080. The number of aromatic amines is 2. The summed E-state index contributed by atoms with van der Waals surface area (Å²) in [5.41, 5.74) is 1.65. The minimum Gasteiger partial charge on any atom is -0.304 e. The van der Waals surface area contributed by atoms with Gasteiger partial charge in [-0.25, -0.2) is 14.8 Å². The quantitative estimate of drug-likeness (QED) is 0.559. The van der Waals surface area contributed by atoms with E-state index in [0.717, 1.165) is 5.56 Å². The molecule has 110 valence electrons. The number of rotatable bonds is 1. The third-order valence-electron chi connectivity index (χ3n) is 3.14. The van der Waals surface area contributed by atoms with E-state index in [1.54, 1.807) is 6.20 Å². The molecule has 4 rings (SSSR count). The van der Waals surface area contributed by atoms with Gasteiger partial charge in [-0.1, -0.05) is 30.3 Å². The summed E-state index contributed by atoms with van der Waals surface area (Å²) < 4.78 is 0.426. The van der Waals surface area contributed by atoms with Gasteiger partial charge in [0.15, 0.2) is 0 Å². The maximum Gasteiger partial charge on any atom is 0.326 e. The van der Waals surface area contributed by atoms with Gasteiger partial charge in [0, 0.05) is 5.56 Å². The number of aromatic nitrogens is 4. The summed E-state index contributed by atoms with van der Waals surface area (Å²) in [6.45, 7) is 0. The SMILES string of the molecule is Cl.O=c1[nH]c(=O)c2sc3ncc(-c4ccccc4)nc3c2[nH]1. The Balaban J connectivity index is 0.00000144. The van der Waals surface area contributed by atoms with Gasteiger partial charge in [0.25, 0.3) is 5.56 Å². The van der Waals surface area contributed by atoms with Crippen LogP contribution >= 0.6 is 23.7 Å². The van der Waals surface area contributed by atoms with Crippen LogP contribution in [-0.4, -0.2) is 19.9 Å². The standard InChI is InChI=1S/C14H8N4O2S.ClH/c19-12-11-9(17-14(20)18-12)10-13(21-11)15-6-8(16-10)7-4-2-1-3-5-7;/h1-6H,(H2,17,18,19,20);1H. The molecule has 0 saturated heterocycles. The zero-order chi connectivity index (χ0) is 14.4. The Morgan fingerprint density at radius 2 is 1.82 bits per heavy atom. The molecule has 1 aromatic carbocycles. The predicted molar refractivity (Wildman–Crippen MR) is 88.8 cm³/mol. The molecule has 3 heterocycles. The van der Waals surface area contributed by atoms with Gasteiger partial charge >= 0.3 is 5.69 Å². The molecule has 0 saturated carbocycles. The minimum atomic E-state index is -0.542. The lowest BCUT2D eigenvalue weighted by Crippen LogP contribution is -2.20. The number of hydrogen-bond acceptors (Lipinski definition) is 5. The van der Waals surface area contributed by atoms with Crippen LogP contribution in [-0.2, 0) is 0 Å². The smallest absolute Gasteiger partial charge is 0.304 e. The fourth-order valence-corrected chi connectivity index (χ4v) is 3.14. The van der Waals surface area contributed by atoms with E-state index >= 15 is 0 Å². The number of fused-ring (bicyclic) bond motifs is 3. The van der Waals surface area contributed by atoms with Crippen LogP contribution in [0.5, 0.6) is 0 Å². The second-order valence-corrected chi connectivity index (χ2v) is 5.49. The number of benzene rings is 1. The molecule has 0 radical (unpaired) electrons. The second-order valence-electron chi connectivity index (χ2n) is 4.49. The van der Waals surface area contributed by atoms with E-state index in [2.05, 4.69) is 19.9 Å². The fourth-order valence-electron chi connectivity index (χ4n) is 2.20. The van der Waals surface area contributed by atoms with E-state index < -0.39 is 11.2 Å². The molecule has 0 atom stereocenters. The summed E-state index contributed by atoms with van der Waals surface area (Å²) >= 11 is 1.21. The van der Waals surface area contributed by atoms with Crippen molar-refractivity contribution in [3.05, 3.63) is 57.4 Å². The Morgan fingerprint density at radius 1 is 1.05 bits per heavy atom. The molecule has 0 aliphatic rings. The van der Waals surface area contributed by atoms with E-state index in [0.29, 0.717) is 26.3 Å². The number of thiophene rings is 1. The Morgan fingerprint density at radius 3 is 2.59 bits per heavy atom. The van der Waals surface area contributed by atoms with Crippen molar-refractivity contribution < 1.29 is 0 Å². The third kappa shape index (κ3) is 2.20. The largest absolute Gasteiger partial charge is 0.326 e. The summed E-state index contributed by atoms with van der Waals surface area (Å²) in [6, 6.07) is 9.62. The van der Waals surface area contributed by atoms with Crippen LogP contribution in [0.3, 0.4) is 0 Å². The molecule has 4 aromatic rings. The highest BCUT2D eigenvalue weighted by Crippen LogP contribution is 2.28. The first-order valence-corrected chi connectivity index (χ1v) is 7.01. The van der Waals surface area contributed by atoms with Gasteiger partial charge in [0.05, 0.1) is 17.4 Å². The van der Waals surface area contributed by atoms with Crippen molar-refractivity contribution >= 4 is 44.3 Å². The lowest BCUT2D eigenvalue weighted by molar-refractivity contribution is 1.09. The molecule has 22 heavy (non-hydrogen) atoms. The van der Waals surface area contributed by atoms with Gasteiger partial charge in [0.2, 0.25) is 0 Å². The summed E-state index contributed by atoms with van der Waals surface area (Å²) in [4.78, 5) is 37.6. The highest BCUT2D eigenvalue weighted by Gasteiger charge is 2.13. The zero-order valence-corrected chi connectivity index (χ0v) is 12.6. The molecule has 0 unspecified atom stereocenters. The summed E-state index contributed by atoms with van der Waals surface area (Å²) in [6.07, 6.45) is 1.67. The number of hydrogen-bond donors (Lipinski definition) is 2. The molecule has 2 N–H and O–H groups in total. The van der Waals surface area contributed by atoms with Gasteiger partial charge in [-0.15, -0.1) is 23.7 Å². The van der Waals surface area contributed by atoms with Crippen LogP contribution in [0.2, 0.25) is 0 Å². The Hall–Kier alpha value is -2.51. The third-order valence-corrected chi connectivity index (χ3v) is 4.23. The average Bonchev–Trinajstić information content (AvgIpc) is 2.86. The maximum atomic E-state index is 11.8. The molecular formula is C14H9ClN4O2S. The van der Waals surface area contributed by atoms with E-state index in [1.165, 1.54) is 11.3 Å². The van der Waals surface area contributed by atoms with E-state index in [1.807, 2.05) is 30.3 Å². The minimum absolute atomic E-state index is 0. The number of H-pyrrole nitrogens is 2. The van der Waals surface area contributed by atoms with E-state index in [4.69, 9.17) is 0 Å². The van der Waals surface area contributed by atoms with Crippen LogP contribution in [0, 0.1) is 0 Å². The van der Waals surface area contributed by atoms with Crippen molar-refractivity contribution in [2.45, 2.75) is 0 Å². The van der Waals surface area contributed by atoms with Gasteiger partial charge in [-0.3, -0.25) is 9.78 Å². The molecule has 0 aliphatic heterocycles. The molecule has 0 fully saturated rings. The number of halogens is 1. The first-order chi connectivity index (χ1) is 10.2. The molecule has 0 bridgehead atoms. The van der Waals surface area contributed by atoms with Crippen molar-refractivity contribution in [2.75, 3.05) is 0 Å². The van der Waals surface area contributed by atoms with Crippen LogP contribution in [0.1, 0.15) is 0 Å². The average molecular weight is 333 g/mol. The maximum absolute atomic E-state index is 11.8.